The minimum absolute atomic E-state index is 0.510. The topological polar surface area (TPSA) is 37.5 Å². The number of nitrogens with zero attached hydrogens (tertiary/aromatic N) is 2. The molecule has 0 amide bonds. The van der Waals surface area contributed by atoms with Crippen LogP contribution in [0.2, 0.25) is 0 Å². The third kappa shape index (κ3) is 2.64. The van der Waals surface area contributed by atoms with Gasteiger partial charge in [-0.3, -0.25) is 4.40 Å². The van der Waals surface area contributed by atoms with Crippen LogP contribution in [0.5, 0.6) is 0 Å². The molecule has 0 aliphatic carbocycles. The van der Waals surface area contributed by atoms with E-state index >= 15 is 0 Å². The van der Waals surface area contributed by atoms with Crippen LogP contribution in [-0.4, -0.2) is 14.5 Å². The molecular weight excluding hydrogens is 304 g/mol. The Morgan fingerprint density at radius 1 is 1.17 bits per heavy atom. The first-order valence-electron chi connectivity index (χ1n) is 7.81. The predicted octanol–water partition coefficient (Wildman–Crippen LogP) is 4.52. The van der Waals surface area contributed by atoms with Crippen molar-refractivity contribution in [1.29, 1.82) is 0 Å². The van der Waals surface area contributed by atoms with Crippen LogP contribution in [0.15, 0.2) is 54.7 Å². The van der Waals surface area contributed by atoms with Gasteiger partial charge in [-0.15, -0.1) is 0 Å². The number of aliphatic hydroxyl groups is 1. The highest BCUT2D eigenvalue weighted by atomic mass is 32.1. The normalized spacial score (nSPS) is 13.0. The zero-order chi connectivity index (χ0) is 15.8. The largest absolute Gasteiger partial charge is 0.387 e. The lowest BCUT2D eigenvalue weighted by Gasteiger charge is -2.10. The average molecular weight is 322 g/mol. The molecule has 2 heterocycles. The van der Waals surface area contributed by atoms with Gasteiger partial charge in [-0.25, -0.2) is 4.98 Å². The third-order valence-electron chi connectivity index (χ3n) is 4.20. The molecule has 0 bridgehead atoms. The monoisotopic (exact) mass is 322 g/mol. The van der Waals surface area contributed by atoms with Gasteiger partial charge in [0.2, 0.25) is 0 Å². The maximum atomic E-state index is 10.6. The summed E-state index contributed by atoms with van der Waals surface area (Å²) in [5.41, 5.74) is 4.50. The quantitative estimate of drug-likeness (QED) is 0.599. The molecule has 2 aromatic carbocycles. The first-order chi connectivity index (χ1) is 11.2. The highest BCUT2D eigenvalue weighted by Gasteiger charge is 2.17. The molecule has 116 valence electrons. The molecule has 4 heteroatoms. The first kappa shape index (κ1) is 14.4. The van der Waals surface area contributed by atoms with Crippen LogP contribution in [0, 0.1) is 6.92 Å². The Bertz CT molecular complexity index is 955. The Balaban J connectivity index is 1.66. The van der Waals surface area contributed by atoms with Gasteiger partial charge in [0.15, 0.2) is 4.96 Å². The number of aromatic nitrogens is 2. The van der Waals surface area contributed by atoms with Gasteiger partial charge in [0.25, 0.3) is 0 Å². The van der Waals surface area contributed by atoms with E-state index < -0.39 is 6.10 Å². The standard InChI is InChI=1S/C19H18N2OS/c1-13-7-9-15-18(11-13)23-19-20-12-16(21(15)19)17(22)10-8-14-5-3-2-4-6-14/h2-7,9,11-12,17,22H,8,10H2,1H3. The molecule has 1 unspecified atom stereocenters. The number of aryl methyl sites for hydroxylation is 2. The Labute approximate surface area is 138 Å². The molecule has 3 nitrogen and oxygen atoms in total. The Hall–Kier alpha value is -2.17. The van der Waals surface area contributed by atoms with Gasteiger partial charge in [-0.1, -0.05) is 47.7 Å². The molecule has 1 N–H and O–H groups in total. The van der Waals surface area contributed by atoms with E-state index in [0.29, 0.717) is 6.42 Å². The van der Waals surface area contributed by atoms with Crippen LogP contribution in [0.25, 0.3) is 15.2 Å². The lowest BCUT2D eigenvalue weighted by molar-refractivity contribution is 0.162. The fraction of sp³-hybridized carbons (Fsp3) is 0.211. The maximum Gasteiger partial charge on any atom is 0.195 e. The molecule has 0 saturated heterocycles. The predicted molar refractivity (Wildman–Crippen MR) is 95.0 cm³/mol. The van der Waals surface area contributed by atoms with Crippen molar-refractivity contribution in [1.82, 2.24) is 9.38 Å². The van der Waals surface area contributed by atoms with E-state index in [1.807, 2.05) is 18.2 Å². The second kappa shape index (κ2) is 5.80. The summed E-state index contributed by atoms with van der Waals surface area (Å²) < 4.78 is 3.30. The van der Waals surface area contributed by atoms with Gasteiger partial charge in [0.05, 0.1) is 28.2 Å². The van der Waals surface area contributed by atoms with Crippen LogP contribution in [0.4, 0.5) is 0 Å². The molecule has 1 atom stereocenters. The van der Waals surface area contributed by atoms with Crippen molar-refractivity contribution in [2.75, 3.05) is 0 Å². The molecule has 0 spiro atoms. The van der Waals surface area contributed by atoms with Gasteiger partial charge in [0.1, 0.15) is 0 Å². The Morgan fingerprint density at radius 2 is 2.00 bits per heavy atom. The minimum Gasteiger partial charge on any atom is -0.387 e. The molecule has 4 aromatic rings. The highest BCUT2D eigenvalue weighted by Crippen LogP contribution is 2.31. The van der Waals surface area contributed by atoms with Crippen molar-refractivity contribution in [2.45, 2.75) is 25.9 Å². The van der Waals surface area contributed by atoms with Gasteiger partial charge in [-0.05, 0) is 43.0 Å². The van der Waals surface area contributed by atoms with Crippen molar-refractivity contribution in [3.05, 3.63) is 71.5 Å². The number of hydrogen-bond donors (Lipinski definition) is 1. The van der Waals surface area contributed by atoms with Gasteiger partial charge >= 0.3 is 0 Å². The van der Waals surface area contributed by atoms with E-state index in [1.54, 1.807) is 17.5 Å². The van der Waals surface area contributed by atoms with E-state index in [0.717, 1.165) is 22.6 Å². The van der Waals surface area contributed by atoms with Crippen molar-refractivity contribution >= 4 is 26.5 Å². The summed E-state index contributed by atoms with van der Waals surface area (Å²) in [5, 5.41) is 10.6. The Morgan fingerprint density at radius 3 is 2.83 bits per heavy atom. The molecule has 0 saturated carbocycles. The minimum atomic E-state index is -0.510. The zero-order valence-electron chi connectivity index (χ0n) is 12.9. The smallest absolute Gasteiger partial charge is 0.195 e. The third-order valence-corrected chi connectivity index (χ3v) is 5.22. The lowest BCUT2D eigenvalue weighted by atomic mass is 10.1. The maximum absolute atomic E-state index is 10.6. The van der Waals surface area contributed by atoms with Crippen molar-refractivity contribution < 1.29 is 5.11 Å². The zero-order valence-corrected chi connectivity index (χ0v) is 13.8. The molecule has 4 rings (SSSR count). The fourth-order valence-corrected chi connectivity index (χ4v) is 4.08. The fourth-order valence-electron chi connectivity index (χ4n) is 2.98. The second-order valence-electron chi connectivity index (χ2n) is 5.91. The summed E-state index contributed by atoms with van der Waals surface area (Å²) >= 11 is 1.67. The summed E-state index contributed by atoms with van der Waals surface area (Å²) in [5.74, 6) is 0. The van der Waals surface area contributed by atoms with Crippen LogP contribution < -0.4 is 0 Å². The molecule has 0 aliphatic heterocycles. The summed E-state index contributed by atoms with van der Waals surface area (Å²) in [7, 11) is 0. The number of thiazole rings is 1. The molecule has 2 aromatic heterocycles. The SMILES string of the molecule is Cc1ccc2c(c1)sc1ncc(C(O)CCc3ccccc3)n12. The molecular formula is C19H18N2OS. The lowest BCUT2D eigenvalue weighted by Crippen LogP contribution is -2.03. The van der Waals surface area contributed by atoms with Crippen LogP contribution in [-0.2, 0) is 6.42 Å². The Kier molecular flexibility index (Phi) is 3.63. The van der Waals surface area contributed by atoms with Crippen molar-refractivity contribution in [3.63, 3.8) is 0 Å². The summed E-state index contributed by atoms with van der Waals surface area (Å²) in [4.78, 5) is 5.43. The van der Waals surface area contributed by atoms with Gasteiger partial charge in [0, 0.05) is 0 Å². The van der Waals surface area contributed by atoms with Crippen molar-refractivity contribution in [2.24, 2.45) is 0 Å². The second-order valence-corrected chi connectivity index (χ2v) is 6.92. The van der Waals surface area contributed by atoms with E-state index in [9.17, 15) is 5.11 Å². The van der Waals surface area contributed by atoms with Crippen molar-refractivity contribution in [3.8, 4) is 0 Å². The number of imidazole rings is 1. The number of benzene rings is 2. The number of hydrogen-bond acceptors (Lipinski definition) is 3. The first-order valence-corrected chi connectivity index (χ1v) is 8.62. The van der Waals surface area contributed by atoms with Gasteiger partial charge in [-0.2, -0.15) is 0 Å². The van der Waals surface area contributed by atoms with Gasteiger partial charge < -0.3 is 5.11 Å². The summed E-state index contributed by atoms with van der Waals surface area (Å²) in [6.07, 6.45) is 2.85. The molecule has 0 aliphatic rings. The van der Waals surface area contributed by atoms with E-state index in [1.165, 1.54) is 15.8 Å². The van der Waals surface area contributed by atoms with E-state index in [-0.39, 0.29) is 0 Å². The molecule has 0 radical (unpaired) electrons. The summed E-state index contributed by atoms with van der Waals surface area (Å²) in [6, 6.07) is 16.7. The van der Waals surface area contributed by atoms with Crippen LogP contribution in [0.3, 0.4) is 0 Å². The molecule has 0 fully saturated rings. The van der Waals surface area contributed by atoms with Crippen LogP contribution in [0.1, 0.15) is 29.3 Å². The average Bonchev–Trinajstić information content (AvgIpc) is 3.12. The number of fused-ring (bicyclic) bond motifs is 3. The van der Waals surface area contributed by atoms with Crippen LogP contribution >= 0.6 is 11.3 Å². The summed E-state index contributed by atoms with van der Waals surface area (Å²) in [6.45, 7) is 2.09. The molecule has 23 heavy (non-hydrogen) atoms. The van der Waals surface area contributed by atoms with E-state index in [2.05, 4.69) is 46.6 Å². The van der Waals surface area contributed by atoms with E-state index in [4.69, 9.17) is 0 Å². The highest BCUT2D eigenvalue weighted by molar-refractivity contribution is 7.23. The number of rotatable bonds is 4. The number of aliphatic hydroxyl groups excluding tert-OH is 1.